The zero-order chi connectivity index (χ0) is 15.7. The van der Waals surface area contributed by atoms with Crippen LogP contribution in [0.15, 0.2) is 12.5 Å². The summed E-state index contributed by atoms with van der Waals surface area (Å²) in [4.78, 5) is 15.7. The Labute approximate surface area is 131 Å². The van der Waals surface area contributed by atoms with Gasteiger partial charge in [-0.1, -0.05) is 0 Å². The Morgan fingerprint density at radius 3 is 2.86 bits per heavy atom. The van der Waals surface area contributed by atoms with E-state index in [0.29, 0.717) is 6.54 Å². The van der Waals surface area contributed by atoms with E-state index in [4.69, 9.17) is 4.74 Å². The number of alkyl carbamates (subject to hydrolysis) is 1. The van der Waals surface area contributed by atoms with Gasteiger partial charge in [-0.3, -0.25) is 0 Å². The van der Waals surface area contributed by atoms with E-state index in [0.717, 1.165) is 25.1 Å². The van der Waals surface area contributed by atoms with Gasteiger partial charge in [0.15, 0.2) is 0 Å². The van der Waals surface area contributed by atoms with Crippen molar-refractivity contribution in [1.29, 1.82) is 0 Å². The van der Waals surface area contributed by atoms with Crippen LogP contribution in [-0.2, 0) is 17.7 Å². The third-order valence-corrected chi connectivity index (χ3v) is 3.54. The first-order chi connectivity index (χ1) is 9.92. The molecule has 0 atom stereocenters. The highest BCUT2D eigenvalue weighted by Crippen LogP contribution is 2.07. The van der Waals surface area contributed by atoms with Crippen molar-refractivity contribution in [2.75, 3.05) is 18.6 Å². The van der Waals surface area contributed by atoms with Gasteiger partial charge in [-0.05, 0) is 45.6 Å². The number of nitrogens with zero attached hydrogens (tertiary/aromatic N) is 2. The minimum Gasteiger partial charge on any atom is -0.444 e. The number of carbonyl (C=O) groups excluding carboxylic acids is 1. The molecule has 0 aliphatic heterocycles. The van der Waals surface area contributed by atoms with Crippen LogP contribution in [0.25, 0.3) is 0 Å². The lowest BCUT2D eigenvalue weighted by Gasteiger charge is -2.19. The van der Waals surface area contributed by atoms with Gasteiger partial charge in [0.25, 0.3) is 0 Å². The van der Waals surface area contributed by atoms with E-state index < -0.39 is 5.60 Å². The van der Waals surface area contributed by atoms with Crippen LogP contribution in [0.5, 0.6) is 0 Å². The van der Waals surface area contributed by atoms with Gasteiger partial charge >= 0.3 is 6.09 Å². The van der Waals surface area contributed by atoms with Crippen LogP contribution in [0.1, 0.15) is 39.3 Å². The molecule has 0 saturated heterocycles. The minimum atomic E-state index is -0.455. The van der Waals surface area contributed by atoms with E-state index in [-0.39, 0.29) is 6.09 Å². The molecule has 0 aromatic carbocycles. The molecule has 1 amide bonds. The van der Waals surface area contributed by atoms with Crippen LogP contribution in [0.3, 0.4) is 0 Å². The molecule has 1 rings (SSSR count). The van der Waals surface area contributed by atoms with Gasteiger partial charge < -0.3 is 14.6 Å². The number of aromatic nitrogens is 2. The maximum absolute atomic E-state index is 11.6. The Hall–Kier alpha value is -1.17. The number of ether oxygens (including phenoxy) is 1. The van der Waals surface area contributed by atoms with Crippen molar-refractivity contribution in [3.8, 4) is 0 Å². The molecule has 1 aromatic heterocycles. The van der Waals surface area contributed by atoms with Crippen LogP contribution in [-0.4, -0.2) is 39.8 Å². The van der Waals surface area contributed by atoms with E-state index in [2.05, 4.69) is 21.1 Å². The van der Waals surface area contributed by atoms with Gasteiger partial charge in [0, 0.05) is 31.4 Å². The summed E-state index contributed by atoms with van der Waals surface area (Å²) >= 11 is 1.88. The Kier molecular flexibility index (Phi) is 7.64. The average molecular weight is 313 g/mol. The number of rotatable bonds is 8. The van der Waals surface area contributed by atoms with Gasteiger partial charge in [-0.2, -0.15) is 11.8 Å². The normalized spacial score (nSPS) is 11.4. The third kappa shape index (κ3) is 7.99. The summed E-state index contributed by atoms with van der Waals surface area (Å²) in [6, 6.07) is 0. The monoisotopic (exact) mass is 313 g/mol. The highest BCUT2D eigenvalue weighted by molar-refractivity contribution is 7.98. The Bertz CT molecular complexity index is 427. The van der Waals surface area contributed by atoms with Crippen LogP contribution in [0, 0.1) is 0 Å². The van der Waals surface area contributed by atoms with E-state index in [1.807, 2.05) is 45.1 Å². The average Bonchev–Trinajstić information content (AvgIpc) is 2.80. The van der Waals surface area contributed by atoms with E-state index in [1.54, 1.807) is 0 Å². The first kappa shape index (κ1) is 17.9. The van der Waals surface area contributed by atoms with Crippen molar-refractivity contribution in [3.05, 3.63) is 18.2 Å². The van der Waals surface area contributed by atoms with Gasteiger partial charge in [0.05, 0.1) is 6.33 Å². The molecule has 0 aliphatic rings. The lowest BCUT2D eigenvalue weighted by atomic mass is 10.2. The third-order valence-electron chi connectivity index (χ3n) is 2.85. The number of amides is 1. The fraction of sp³-hybridized carbons (Fsp3) is 0.733. The molecule has 0 radical (unpaired) electrons. The fourth-order valence-electron chi connectivity index (χ4n) is 1.89. The Balaban J connectivity index is 2.29. The van der Waals surface area contributed by atoms with Crippen LogP contribution in [0.4, 0.5) is 4.79 Å². The number of imidazole rings is 1. The molecule has 6 heteroatoms. The Morgan fingerprint density at radius 2 is 2.19 bits per heavy atom. The van der Waals surface area contributed by atoms with Crippen LogP contribution in [0.2, 0.25) is 0 Å². The zero-order valence-electron chi connectivity index (χ0n) is 13.5. The summed E-state index contributed by atoms with van der Waals surface area (Å²) in [5, 5.41) is 2.78. The number of unbranched alkanes of at least 4 members (excludes halogenated alkanes) is 1. The highest BCUT2D eigenvalue weighted by atomic mass is 32.2. The SMILES string of the molecule is CSCCCCn1cncc1CCNC(=O)OC(C)(C)C. The maximum Gasteiger partial charge on any atom is 0.407 e. The number of hydrogen-bond donors (Lipinski definition) is 1. The highest BCUT2D eigenvalue weighted by Gasteiger charge is 2.15. The summed E-state index contributed by atoms with van der Waals surface area (Å²) in [5.41, 5.74) is 0.693. The minimum absolute atomic E-state index is 0.367. The van der Waals surface area contributed by atoms with Gasteiger partial charge in [-0.15, -0.1) is 0 Å². The van der Waals surface area contributed by atoms with Gasteiger partial charge in [0.2, 0.25) is 0 Å². The molecule has 0 spiro atoms. The lowest BCUT2D eigenvalue weighted by molar-refractivity contribution is 0.0528. The number of thioether (sulfide) groups is 1. The molecule has 1 N–H and O–H groups in total. The molecule has 0 bridgehead atoms. The lowest BCUT2D eigenvalue weighted by Crippen LogP contribution is -2.33. The summed E-state index contributed by atoms with van der Waals surface area (Å²) in [6.45, 7) is 7.12. The maximum atomic E-state index is 11.6. The molecule has 0 unspecified atom stereocenters. The van der Waals surface area contributed by atoms with E-state index in [1.165, 1.54) is 12.2 Å². The first-order valence-corrected chi connectivity index (χ1v) is 8.76. The molecule has 0 fully saturated rings. The number of carbonyl (C=O) groups is 1. The molecule has 120 valence electrons. The van der Waals surface area contributed by atoms with Gasteiger partial charge in [0.1, 0.15) is 5.60 Å². The molecule has 1 heterocycles. The second-order valence-corrected chi connectivity index (χ2v) is 6.94. The summed E-state index contributed by atoms with van der Waals surface area (Å²) in [7, 11) is 0. The van der Waals surface area contributed by atoms with E-state index >= 15 is 0 Å². The molecule has 0 aliphatic carbocycles. The Morgan fingerprint density at radius 1 is 1.43 bits per heavy atom. The van der Waals surface area contributed by atoms with Crippen molar-refractivity contribution in [3.63, 3.8) is 0 Å². The first-order valence-electron chi connectivity index (χ1n) is 7.37. The van der Waals surface area contributed by atoms with Crippen molar-refractivity contribution in [2.24, 2.45) is 0 Å². The quantitative estimate of drug-likeness (QED) is 0.749. The molecular formula is C15H27N3O2S. The number of hydrogen-bond acceptors (Lipinski definition) is 4. The largest absolute Gasteiger partial charge is 0.444 e. The molecule has 5 nitrogen and oxygen atoms in total. The fourth-order valence-corrected chi connectivity index (χ4v) is 2.39. The van der Waals surface area contributed by atoms with Crippen molar-refractivity contribution >= 4 is 17.9 Å². The molecule has 21 heavy (non-hydrogen) atoms. The van der Waals surface area contributed by atoms with Gasteiger partial charge in [-0.25, -0.2) is 9.78 Å². The molecular weight excluding hydrogens is 286 g/mol. The predicted octanol–water partition coefficient (Wildman–Crippen LogP) is 3.09. The molecule has 1 aromatic rings. The number of nitrogens with one attached hydrogen (secondary N) is 1. The topological polar surface area (TPSA) is 56.2 Å². The van der Waals surface area contributed by atoms with Crippen molar-refractivity contribution < 1.29 is 9.53 Å². The van der Waals surface area contributed by atoms with Crippen molar-refractivity contribution in [1.82, 2.24) is 14.9 Å². The van der Waals surface area contributed by atoms with E-state index in [9.17, 15) is 4.79 Å². The second-order valence-electron chi connectivity index (χ2n) is 5.96. The predicted molar refractivity (Wildman–Crippen MR) is 87.8 cm³/mol. The smallest absolute Gasteiger partial charge is 0.407 e. The summed E-state index contributed by atoms with van der Waals surface area (Å²) < 4.78 is 7.37. The summed E-state index contributed by atoms with van der Waals surface area (Å²) in [6.07, 6.45) is 8.63. The van der Waals surface area contributed by atoms with Crippen LogP contribution < -0.4 is 5.32 Å². The van der Waals surface area contributed by atoms with Crippen LogP contribution >= 0.6 is 11.8 Å². The van der Waals surface area contributed by atoms with Crippen molar-refractivity contribution in [2.45, 2.75) is 52.2 Å². The molecule has 0 saturated carbocycles. The standard InChI is InChI=1S/C15H27N3O2S/c1-15(2,3)20-14(19)17-8-7-13-11-16-12-18(13)9-5-6-10-21-4/h11-12H,5-10H2,1-4H3,(H,17,19). The number of aryl methyl sites for hydroxylation is 1. The zero-order valence-corrected chi connectivity index (χ0v) is 14.3. The second kappa shape index (κ2) is 8.97. The summed E-state index contributed by atoms with van der Waals surface area (Å²) in [5.74, 6) is 1.20.